The molecule has 1 unspecified atom stereocenters. The van der Waals surface area contributed by atoms with E-state index in [1.54, 1.807) is 0 Å². The highest BCUT2D eigenvalue weighted by molar-refractivity contribution is 7.89. The van der Waals surface area contributed by atoms with Gasteiger partial charge in [0.1, 0.15) is 5.82 Å². The first-order valence-corrected chi connectivity index (χ1v) is 12.8. The number of carbonyl (C=O) groups is 1. The molecular weight excluding hydrogens is 403 g/mol. The second kappa shape index (κ2) is 7.59. The topological polar surface area (TPSA) is 66.5 Å². The fourth-order valence-corrected chi connectivity index (χ4v) is 8.59. The van der Waals surface area contributed by atoms with Gasteiger partial charge in [0.25, 0.3) is 0 Å². The van der Waals surface area contributed by atoms with Crippen LogP contribution in [0, 0.1) is 29.5 Å². The zero-order valence-corrected chi connectivity index (χ0v) is 18.2. The van der Waals surface area contributed by atoms with E-state index in [9.17, 15) is 17.6 Å². The second-order valence-corrected chi connectivity index (χ2v) is 12.2. The highest BCUT2D eigenvalue weighted by atomic mass is 32.2. The van der Waals surface area contributed by atoms with E-state index in [1.807, 2.05) is 0 Å². The van der Waals surface area contributed by atoms with E-state index < -0.39 is 15.8 Å². The van der Waals surface area contributed by atoms with Crippen LogP contribution in [0.15, 0.2) is 29.2 Å². The molecule has 1 heterocycles. The summed E-state index contributed by atoms with van der Waals surface area (Å²) < 4.78 is 40.5. The SMILES string of the molecule is O=C(CC1CCCN(S(=O)(=O)c2ccc(F)cc2)C1)NC12CC3CC(CC(C3)C1)C2. The van der Waals surface area contributed by atoms with Crippen molar-refractivity contribution in [1.29, 1.82) is 0 Å². The summed E-state index contributed by atoms with van der Waals surface area (Å²) in [4.78, 5) is 13.1. The lowest BCUT2D eigenvalue weighted by Crippen LogP contribution is -2.60. The normalized spacial score (nSPS) is 36.0. The molecule has 1 aliphatic heterocycles. The Morgan fingerprint density at radius 3 is 2.27 bits per heavy atom. The number of halogens is 1. The lowest BCUT2D eigenvalue weighted by atomic mass is 9.53. The average Bonchev–Trinajstić information content (AvgIpc) is 2.67. The molecule has 30 heavy (non-hydrogen) atoms. The zero-order chi connectivity index (χ0) is 20.9. The van der Waals surface area contributed by atoms with Gasteiger partial charge < -0.3 is 5.32 Å². The molecule has 1 aromatic carbocycles. The van der Waals surface area contributed by atoms with Gasteiger partial charge in [0.15, 0.2) is 0 Å². The number of hydrogen-bond acceptors (Lipinski definition) is 3. The fourth-order valence-electron chi connectivity index (χ4n) is 7.04. The van der Waals surface area contributed by atoms with E-state index in [0.717, 1.165) is 49.9 Å². The fraction of sp³-hybridized carbons (Fsp3) is 0.696. The quantitative estimate of drug-likeness (QED) is 0.768. The molecule has 0 aromatic heterocycles. The van der Waals surface area contributed by atoms with E-state index in [2.05, 4.69) is 5.32 Å². The number of piperidine rings is 1. The number of nitrogens with zero attached hydrogens (tertiary/aromatic N) is 1. The summed E-state index contributed by atoms with van der Waals surface area (Å²) in [6.45, 7) is 0.806. The van der Waals surface area contributed by atoms with Gasteiger partial charge in [-0.25, -0.2) is 12.8 Å². The lowest BCUT2D eigenvalue weighted by molar-refractivity contribution is -0.128. The van der Waals surface area contributed by atoms with Crippen molar-refractivity contribution in [1.82, 2.24) is 9.62 Å². The van der Waals surface area contributed by atoms with Crippen LogP contribution in [0.2, 0.25) is 0 Å². The van der Waals surface area contributed by atoms with Crippen LogP contribution in [0.4, 0.5) is 4.39 Å². The summed E-state index contributed by atoms with van der Waals surface area (Å²) in [6, 6.07) is 4.97. The molecule has 5 aliphatic rings. The summed E-state index contributed by atoms with van der Waals surface area (Å²) in [5, 5.41) is 3.41. The van der Waals surface area contributed by atoms with Crippen molar-refractivity contribution < 1.29 is 17.6 Å². The van der Waals surface area contributed by atoms with Crippen LogP contribution in [0.3, 0.4) is 0 Å². The van der Waals surface area contributed by atoms with Gasteiger partial charge in [0.2, 0.25) is 15.9 Å². The van der Waals surface area contributed by atoms with E-state index >= 15 is 0 Å². The van der Waals surface area contributed by atoms with Crippen LogP contribution < -0.4 is 5.32 Å². The van der Waals surface area contributed by atoms with Gasteiger partial charge >= 0.3 is 0 Å². The van der Waals surface area contributed by atoms with Gasteiger partial charge in [-0.3, -0.25) is 4.79 Å². The minimum atomic E-state index is -3.66. The van der Waals surface area contributed by atoms with E-state index in [4.69, 9.17) is 0 Å². The molecule has 1 saturated heterocycles. The standard InChI is InChI=1S/C23H31FN2O3S/c24-20-3-5-21(6-4-20)30(28,29)26-7-1-2-16(15-26)11-22(27)25-23-12-17-8-18(13-23)10-19(9-17)14-23/h3-6,16-19H,1-2,7-15H2,(H,25,27). The van der Waals surface area contributed by atoms with Crippen molar-refractivity contribution in [2.45, 2.75) is 68.2 Å². The van der Waals surface area contributed by atoms with Gasteiger partial charge in [-0.1, -0.05) is 0 Å². The second-order valence-electron chi connectivity index (χ2n) is 10.3. The minimum Gasteiger partial charge on any atom is -0.351 e. The van der Waals surface area contributed by atoms with E-state index in [-0.39, 0.29) is 22.3 Å². The first-order valence-electron chi connectivity index (χ1n) is 11.4. The monoisotopic (exact) mass is 434 g/mol. The van der Waals surface area contributed by atoms with Crippen LogP contribution in [0.5, 0.6) is 0 Å². The molecule has 4 aliphatic carbocycles. The molecule has 4 bridgehead atoms. The van der Waals surface area contributed by atoms with E-state index in [0.29, 0.717) is 19.5 Å². The summed E-state index contributed by atoms with van der Waals surface area (Å²) in [6.07, 6.45) is 9.40. The van der Waals surface area contributed by atoms with Crippen molar-refractivity contribution in [3.8, 4) is 0 Å². The van der Waals surface area contributed by atoms with Crippen LogP contribution in [-0.4, -0.2) is 37.3 Å². The third-order valence-corrected chi connectivity index (χ3v) is 9.73. The van der Waals surface area contributed by atoms with Gasteiger partial charge in [0.05, 0.1) is 4.90 Å². The smallest absolute Gasteiger partial charge is 0.243 e. The average molecular weight is 435 g/mol. The molecule has 7 heteroatoms. The maximum Gasteiger partial charge on any atom is 0.243 e. The van der Waals surface area contributed by atoms with Crippen LogP contribution >= 0.6 is 0 Å². The van der Waals surface area contributed by atoms with Crippen molar-refractivity contribution in [3.05, 3.63) is 30.1 Å². The minimum absolute atomic E-state index is 0.000372. The van der Waals surface area contributed by atoms with Gasteiger partial charge in [0, 0.05) is 25.0 Å². The van der Waals surface area contributed by atoms with Gasteiger partial charge in [-0.05, 0) is 99.3 Å². The Labute approximate surface area is 178 Å². The first-order chi connectivity index (χ1) is 14.3. The Hall–Kier alpha value is -1.47. The molecule has 4 saturated carbocycles. The third kappa shape index (κ3) is 3.91. The molecule has 1 amide bonds. The third-order valence-electron chi connectivity index (χ3n) is 7.85. The molecular formula is C23H31FN2O3S. The van der Waals surface area contributed by atoms with Gasteiger partial charge in [-0.15, -0.1) is 0 Å². The summed E-state index contributed by atoms with van der Waals surface area (Å²) >= 11 is 0. The molecule has 0 spiro atoms. The largest absolute Gasteiger partial charge is 0.351 e. The van der Waals surface area contributed by atoms with Crippen LogP contribution in [-0.2, 0) is 14.8 Å². The summed E-state index contributed by atoms with van der Waals surface area (Å²) in [5.41, 5.74) is 0.000372. The van der Waals surface area contributed by atoms with Crippen LogP contribution in [0.25, 0.3) is 0 Å². The van der Waals surface area contributed by atoms with Crippen molar-refractivity contribution in [2.75, 3.05) is 13.1 Å². The number of rotatable bonds is 5. The lowest BCUT2D eigenvalue weighted by Gasteiger charge is -2.57. The number of hydrogen-bond donors (Lipinski definition) is 1. The number of benzene rings is 1. The van der Waals surface area contributed by atoms with Gasteiger partial charge in [-0.2, -0.15) is 4.31 Å². The molecule has 1 atom stereocenters. The number of sulfonamides is 1. The Morgan fingerprint density at radius 2 is 1.67 bits per heavy atom. The molecule has 0 radical (unpaired) electrons. The molecule has 5 nitrogen and oxygen atoms in total. The highest BCUT2D eigenvalue weighted by Crippen LogP contribution is 2.55. The number of amides is 1. The molecule has 164 valence electrons. The Balaban J connectivity index is 1.21. The summed E-state index contributed by atoms with van der Waals surface area (Å²) in [5.74, 6) is 2.01. The summed E-state index contributed by atoms with van der Waals surface area (Å²) in [7, 11) is -3.66. The number of nitrogens with one attached hydrogen (secondary N) is 1. The Morgan fingerprint density at radius 1 is 1.07 bits per heavy atom. The molecule has 1 N–H and O–H groups in total. The Bertz CT molecular complexity index is 880. The maximum atomic E-state index is 13.2. The molecule has 1 aromatic rings. The highest BCUT2D eigenvalue weighted by Gasteiger charge is 2.51. The molecule has 6 rings (SSSR count). The van der Waals surface area contributed by atoms with Crippen molar-refractivity contribution >= 4 is 15.9 Å². The van der Waals surface area contributed by atoms with Crippen molar-refractivity contribution in [2.24, 2.45) is 23.7 Å². The predicted octanol–water partition coefficient (Wildman–Crippen LogP) is 3.70. The zero-order valence-electron chi connectivity index (χ0n) is 17.4. The molecule has 5 fully saturated rings. The maximum absolute atomic E-state index is 13.2. The van der Waals surface area contributed by atoms with Crippen molar-refractivity contribution in [3.63, 3.8) is 0 Å². The van der Waals surface area contributed by atoms with E-state index in [1.165, 1.54) is 47.8 Å². The first kappa shape index (κ1) is 20.4. The van der Waals surface area contributed by atoms with Crippen LogP contribution in [0.1, 0.15) is 57.8 Å². The predicted molar refractivity (Wildman–Crippen MR) is 112 cm³/mol. The Kier molecular flexibility index (Phi) is 5.17. The number of carbonyl (C=O) groups excluding carboxylic acids is 1.